The van der Waals surface area contributed by atoms with E-state index in [9.17, 15) is 20.1 Å². The summed E-state index contributed by atoms with van der Waals surface area (Å²) in [5.41, 5.74) is 10.1. The summed E-state index contributed by atoms with van der Waals surface area (Å²) in [5.74, 6) is 0.402. The number of nitrogen functional groups attached to an aromatic ring is 1. The average molecular weight is 520 g/mol. The maximum atomic E-state index is 12.3. The van der Waals surface area contributed by atoms with Gasteiger partial charge in [-0.2, -0.15) is 0 Å². The lowest BCUT2D eigenvalue weighted by Crippen LogP contribution is -2.33. The first kappa shape index (κ1) is 25.5. The van der Waals surface area contributed by atoms with Gasteiger partial charge in [-0.25, -0.2) is 15.0 Å². The summed E-state index contributed by atoms with van der Waals surface area (Å²) in [4.78, 5) is 26.6. The molecular formula is C26H29N7O5. The molecule has 1 aliphatic heterocycles. The van der Waals surface area contributed by atoms with Gasteiger partial charge in [-0.3, -0.25) is 9.36 Å². The minimum absolute atomic E-state index is 0.0601. The molecule has 6 N–H and O–H groups in total. The monoisotopic (exact) mass is 519 g/mol. The number of nitrogens with one attached hydrogen (secondary N) is 1. The molecule has 38 heavy (non-hydrogen) atoms. The fraction of sp³-hybridized carbons (Fsp3) is 0.308. The van der Waals surface area contributed by atoms with Crippen molar-refractivity contribution in [2.75, 3.05) is 31.8 Å². The number of anilines is 2. The normalized spacial score (nSPS) is 21.1. The zero-order valence-electron chi connectivity index (χ0n) is 20.9. The van der Waals surface area contributed by atoms with Crippen LogP contribution in [0.25, 0.3) is 22.3 Å². The molecule has 1 fully saturated rings. The molecule has 0 aliphatic carbocycles. The Kier molecular flexibility index (Phi) is 6.95. The molecule has 3 heterocycles. The van der Waals surface area contributed by atoms with Crippen molar-refractivity contribution < 1.29 is 24.9 Å². The highest BCUT2D eigenvalue weighted by atomic mass is 16.6. The largest absolute Gasteiger partial charge is 0.394 e. The van der Waals surface area contributed by atoms with Gasteiger partial charge >= 0.3 is 0 Å². The third-order valence-electron chi connectivity index (χ3n) is 6.53. The van der Waals surface area contributed by atoms with Crippen LogP contribution in [0.3, 0.4) is 0 Å². The van der Waals surface area contributed by atoms with Crippen LogP contribution in [0, 0.1) is 0 Å². The number of amides is 1. The summed E-state index contributed by atoms with van der Waals surface area (Å²) in [6, 6.07) is 15.3. The van der Waals surface area contributed by atoms with E-state index in [0.717, 1.165) is 16.7 Å². The lowest BCUT2D eigenvalue weighted by molar-refractivity contribution is -0.0501. The van der Waals surface area contributed by atoms with Gasteiger partial charge in [0.05, 0.1) is 6.61 Å². The van der Waals surface area contributed by atoms with Gasteiger partial charge in [0.25, 0.3) is 5.91 Å². The number of fused-ring (bicyclic) bond motifs is 1. The van der Waals surface area contributed by atoms with E-state index in [0.29, 0.717) is 29.2 Å². The van der Waals surface area contributed by atoms with E-state index in [1.165, 1.54) is 10.9 Å². The summed E-state index contributed by atoms with van der Waals surface area (Å²) in [6.45, 7) is -0.0926. The average Bonchev–Trinajstić information content (AvgIpc) is 3.44. The Morgan fingerprint density at radius 2 is 1.87 bits per heavy atom. The number of nitrogens with zero attached hydrogens (tertiary/aromatic N) is 5. The fourth-order valence-corrected chi connectivity index (χ4v) is 4.47. The highest BCUT2D eigenvalue weighted by Crippen LogP contribution is 2.35. The number of hydrogen-bond donors (Lipinski definition) is 5. The van der Waals surface area contributed by atoms with Gasteiger partial charge in [-0.05, 0) is 28.8 Å². The number of nitrogens with two attached hydrogens (primary N) is 1. The predicted molar refractivity (Wildman–Crippen MR) is 140 cm³/mol. The van der Waals surface area contributed by atoms with Crippen LogP contribution in [0.15, 0.2) is 54.9 Å². The van der Waals surface area contributed by atoms with Crippen LogP contribution in [-0.2, 0) is 11.3 Å². The minimum Gasteiger partial charge on any atom is -0.394 e. The second-order valence-corrected chi connectivity index (χ2v) is 9.30. The maximum Gasteiger partial charge on any atom is 0.253 e. The zero-order valence-corrected chi connectivity index (χ0v) is 20.9. The van der Waals surface area contributed by atoms with Crippen LogP contribution in [0.4, 0.5) is 11.8 Å². The van der Waals surface area contributed by atoms with Crippen LogP contribution in [-0.4, -0.2) is 84.7 Å². The third-order valence-corrected chi connectivity index (χ3v) is 6.53. The van der Waals surface area contributed by atoms with E-state index < -0.39 is 31.1 Å². The lowest BCUT2D eigenvalue weighted by Gasteiger charge is -2.19. The van der Waals surface area contributed by atoms with E-state index in [2.05, 4.69) is 20.3 Å². The summed E-state index contributed by atoms with van der Waals surface area (Å²) in [6.07, 6.45) is -3.34. The molecule has 0 radical (unpaired) electrons. The maximum absolute atomic E-state index is 12.3. The molecule has 4 atom stereocenters. The Morgan fingerprint density at radius 1 is 1.11 bits per heavy atom. The molecule has 0 unspecified atom stereocenters. The van der Waals surface area contributed by atoms with Crippen LogP contribution in [0.5, 0.6) is 0 Å². The van der Waals surface area contributed by atoms with Gasteiger partial charge in [0.1, 0.15) is 24.6 Å². The van der Waals surface area contributed by atoms with Gasteiger partial charge in [0.2, 0.25) is 5.95 Å². The zero-order chi connectivity index (χ0) is 27.0. The molecule has 0 bridgehead atoms. The smallest absolute Gasteiger partial charge is 0.253 e. The van der Waals surface area contributed by atoms with Gasteiger partial charge < -0.3 is 36.0 Å². The first-order valence-corrected chi connectivity index (χ1v) is 12.0. The van der Waals surface area contributed by atoms with Crippen molar-refractivity contribution >= 4 is 28.8 Å². The Balaban J connectivity index is 1.39. The molecule has 0 spiro atoms. The van der Waals surface area contributed by atoms with Gasteiger partial charge in [0.15, 0.2) is 23.2 Å². The number of carbonyl (C=O) groups excluding carboxylic acids is 1. The molecular weight excluding hydrogens is 490 g/mol. The first-order chi connectivity index (χ1) is 18.3. The highest BCUT2D eigenvalue weighted by molar-refractivity contribution is 5.95. The number of hydrogen-bond acceptors (Lipinski definition) is 10. The van der Waals surface area contributed by atoms with Gasteiger partial charge in [-0.1, -0.05) is 36.4 Å². The number of carbonyl (C=O) groups is 1. The summed E-state index contributed by atoms with van der Waals surface area (Å²) in [7, 11) is 3.44. The van der Waals surface area contributed by atoms with Crippen molar-refractivity contribution in [1.82, 2.24) is 24.4 Å². The SMILES string of the molecule is CN(C)C(=O)c1cccc(-c2ccc(CNc3nc4c(N)ncnc4n3[C@@H]3O[C@H](CO)[C@@H](O)[C@H]3O)cc2)c1. The van der Waals surface area contributed by atoms with Crippen molar-refractivity contribution in [3.8, 4) is 11.1 Å². The Bertz CT molecular complexity index is 1460. The first-order valence-electron chi connectivity index (χ1n) is 12.0. The molecule has 1 saturated heterocycles. The van der Waals surface area contributed by atoms with Crippen molar-refractivity contribution in [2.24, 2.45) is 0 Å². The number of ether oxygens (including phenoxy) is 1. The lowest BCUT2D eigenvalue weighted by atomic mass is 10.0. The van der Waals surface area contributed by atoms with Crippen LogP contribution < -0.4 is 11.1 Å². The van der Waals surface area contributed by atoms with E-state index in [1.54, 1.807) is 25.1 Å². The number of aromatic nitrogens is 4. The summed E-state index contributed by atoms with van der Waals surface area (Å²) in [5, 5.41) is 33.7. The number of rotatable bonds is 7. The van der Waals surface area contributed by atoms with Crippen molar-refractivity contribution in [3.63, 3.8) is 0 Å². The molecule has 1 aliphatic rings. The summed E-state index contributed by atoms with van der Waals surface area (Å²) < 4.78 is 7.24. The molecule has 4 aromatic rings. The number of aliphatic hydroxyl groups is 3. The van der Waals surface area contributed by atoms with Gasteiger partial charge in [-0.15, -0.1) is 0 Å². The van der Waals surface area contributed by atoms with Crippen molar-refractivity contribution in [3.05, 3.63) is 66.0 Å². The Morgan fingerprint density at radius 3 is 2.55 bits per heavy atom. The number of aliphatic hydroxyl groups excluding tert-OH is 3. The fourth-order valence-electron chi connectivity index (χ4n) is 4.47. The van der Waals surface area contributed by atoms with Crippen LogP contribution in [0.2, 0.25) is 0 Å². The quantitative estimate of drug-likeness (QED) is 0.237. The Labute approximate surface area is 218 Å². The second-order valence-electron chi connectivity index (χ2n) is 9.30. The molecule has 5 rings (SSSR count). The predicted octanol–water partition coefficient (Wildman–Crippen LogP) is 1.00. The molecule has 198 valence electrons. The molecule has 2 aromatic carbocycles. The molecule has 12 heteroatoms. The second kappa shape index (κ2) is 10.3. The van der Waals surface area contributed by atoms with Crippen LogP contribution >= 0.6 is 0 Å². The minimum atomic E-state index is -1.32. The van der Waals surface area contributed by atoms with Crippen LogP contribution in [0.1, 0.15) is 22.1 Å². The van der Waals surface area contributed by atoms with Crippen molar-refractivity contribution in [2.45, 2.75) is 31.1 Å². The van der Waals surface area contributed by atoms with E-state index in [1.807, 2.05) is 42.5 Å². The van der Waals surface area contributed by atoms with E-state index >= 15 is 0 Å². The van der Waals surface area contributed by atoms with E-state index in [-0.39, 0.29) is 11.7 Å². The molecule has 2 aromatic heterocycles. The number of benzene rings is 2. The van der Waals surface area contributed by atoms with Crippen molar-refractivity contribution in [1.29, 1.82) is 0 Å². The Hall–Kier alpha value is -4.10. The highest BCUT2D eigenvalue weighted by Gasteiger charge is 2.45. The molecule has 0 saturated carbocycles. The van der Waals surface area contributed by atoms with E-state index in [4.69, 9.17) is 10.5 Å². The standard InChI is InChI=1S/C26H29N7O5/c1-32(2)24(37)17-5-3-4-16(10-17)15-8-6-14(7-9-15)11-28-26-31-19-22(27)29-13-30-23(19)33(26)25-21(36)20(35)18(12-34)38-25/h3-10,13,18,20-21,25,34-36H,11-12H2,1-2H3,(H,28,31)(H2,27,29,30)/t18-,20-,21-,25-/m1/s1. The molecule has 12 nitrogen and oxygen atoms in total. The van der Waals surface area contributed by atoms with Gasteiger partial charge in [0, 0.05) is 26.2 Å². The summed E-state index contributed by atoms with van der Waals surface area (Å²) >= 11 is 0. The molecule has 1 amide bonds. The third kappa shape index (κ3) is 4.65. The number of imidazole rings is 1. The topological polar surface area (TPSA) is 172 Å².